The quantitative estimate of drug-likeness (QED) is 0.829. The number of amides is 2. The third-order valence-electron chi connectivity index (χ3n) is 3.88. The molecule has 3 rings (SSSR count). The average molecular weight is 364 g/mol. The summed E-state index contributed by atoms with van der Waals surface area (Å²) in [6, 6.07) is 8.30. The van der Waals surface area contributed by atoms with E-state index in [-0.39, 0.29) is 5.91 Å². The van der Waals surface area contributed by atoms with Gasteiger partial charge in [0.15, 0.2) is 24.1 Å². The van der Waals surface area contributed by atoms with Crippen molar-refractivity contribution in [2.75, 3.05) is 23.4 Å². The van der Waals surface area contributed by atoms with Crippen LogP contribution >= 0.6 is 0 Å². The van der Waals surface area contributed by atoms with Crippen LogP contribution in [0.3, 0.4) is 0 Å². The first-order chi connectivity index (χ1) is 12.5. The Kier molecular flexibility index (Phi) is 5.11. The molecule has 1 N–H and O–H groups in total. The predicted molar refractivity (Wildman–Crippen MR) is 88.5 cm³/mol. The van der Waals surface area contributed by atoms with Crippen LogP contribution in [-0.4, -0.2) is 25.0 Å². The van der Waals surface area contributed by atoms with Gasteiger partial charge >= 0.3 is 0 Å². The van der Waals surface area contributed by atoms with E-state index in [0.717, 1.165) is 12.5 Å². The van der Waals surface area contributed by atoms with E-state index in [2.05, 4.69) is 5.32 Å². The lowest BCUT2D eigenvalue weighted by Gasteiger charge is -2.16. The van der Waals surface area contributed by atoms with E-state index in [9.17, 15) is 22.8 Å². The second-order valence-electron chi connectivity index (χ2n) is 5.71. The molecule has 8 heteroatoms. The van der Waals surface area contributed by atoms with Gasteiger partial charge in [-0.1, -0.05) is 6.07 Å². The van der Waals surface area contributed by atoms with Gasteiger partial charge in [0.05, 0.1) is 5.69 Å². The zero-order valence-electron chi connectivity index (χ0n) is 13.6. The molecule has 2 amide bonds. The van der Waals surface area contributed by atoms with Crippen molar-refractivity contribution in [2.24, 2.45) is 0 Å². The zero-order chi connectivity index (χ0) is 18.7. The molecule has 0 aromatic heterocycles. The number of anilines is 2. The third kappa shape index (κ3) is 3.79. The van der Waals surface area contributed by atoms with Crippen LogP contribution in [0.25, 0.3) is 0 Å². The molecule has 26 heavy (non-hydrogen) atoms. The third-order valence-corrected chi connectivity index (χ3v) is 3.88. The SMILES string of the molecule is O=C(COc1cccc(N2CCCC2=O)c1)Nc1ccc(F)c(F)c1F. The van der Waals surface area contributed by atoms with Crippen molar-refractivity contribution in [1.82, 2.24) is 0 Å². The van der Waals surface area contributed by atoms with Crippen LogP contribution in [0.1, 0.15) is 12.8 Å². The van der Waals surface area contributed by atoms with Gasteiger partial charge in [-0.25, -0.2) is 13.2 Å². The van der Waals surface area contributed by atoms with E-state index in [1.165, 1.54) is 0 Å². The van der Waals surface area contributed by atoms with Crippen molar-refractivity contribution >= 4 is 23.2 Å². The maximum atomic E-state index is 13.5. The summed E-state index contributed by atoms with van der Waals surface area (Å²) in [5.74, 6) is -4.85. The Labute approximate surface area is 147 Å². The largest absolute Gasteiger partial charge is 0.484 e. The number of nitrogens with one attached hydrogen (secondary N) is 1. The number of ether oxygens (including phenoxy) is 1. The summed E-state index contributed by atoms with van der Waals surface area (Å²) < 4.78 is 44.9. The minimum absolute atomic E-state index is 0.0219. The lowest BCUT2D eigenvalue weighted by Crippen LogP contribution is -2.24. The van der Waals surface area contributed by atoms with Crippen molar-refractivity contribution in [1.29, 1.82) is 0 Å². The molecule has 1 saturated heterocycles. The summed E-state index contributed by atoms with van der Waals surface area (Å²) in [5, 5.41) is 2.12. The van der Waals surface area contributed by atoms with Crippen LogP contribution in [0, 0.1) is 17.5 Å². The molecular formula is C18H15F3N2O3. The standard InChI is InChI=1S/C18H15F3N2O3/c19-13-6-7-14(18(21)17(13)20)22-15(24)10-26-12-4-1-3-11(9-12)23-8-2-5-16(23)25/h1,3-4,6-7,9H,2,5,8,10H2,(H,22,24). The normalized spacial score (nSPS) is 13.8. The molecule has 0 spiro atoms. The number of rotatable bonds is 5. The van der Waals surface area contributed by atoms with Gasteiger partial charge < -0.3 is 15.0 Å². The number of carbonyl (C=O) groups is 2. The molecule has 5 nitrogen and oxygen atoms in total. The lowest BCUT2D eigenvalue weighted by atomic mass is 10.2. The number of hydrogen-bond acceptors (Lipinski definition) is 3. The van der Waals surface area contributed by atoms with Crippen LogP contribution in [-0.2, 0) is 9.59 Å². The molecule has 1 aliphatic rings. The average Bonchev–Trinajstić information content (AvgIpc) is 3.07. The fourth-order valence-electron chi connectivity index (χ4n) is 2.62. The highest BCUT2D eigenvalue weighted by Gasteiger charge is 2.22. The smallest absolute Gasteiger partial charge is 0.262 e. The van der Waals surface area contributed by atoms with Crippen molar-refractivity contribution in [3.05, 3.63) is 53.8 Å². The summed E-state index contributed by atoms with van der Waals surface area (Å²) in [4.78, 5) is 25.2. The molecule has 1 aliphatic heterocycles. The highest BCUT2D eigenvalue weighted by atomic mass is 19.2. The van der Waals surface area contributed by atoms with Gasteiger partial charge in [0.2, 0.25) is 5.91 Å². The fraction of sp³-hybridized carbons (Fsp3) is 0.222. The minimum Gasteiger partial charge on any atom is -0.484 e. The Morgan fingerprint density at radius 3 is 2.69 bits per heavy atom. The summed E-state index contributed by atoms with van der Waals surface area (Å²) in [6.45, 7) is 0.161. The molecule has 0 radical (unpaired) electrons. The number of benzene rings is 2. The maximum absolute atomic E-state index is 13.5. The molecular weight excluding hydrogens is 349 g/mol. The molecule has 0 atom stereocenters. The van der Waals surface area contributed by atoms with E-state index in [1.807, 2.05) is 0 Å². The molecule has 2 aromatic carbocycles. The molecule has 136 valence electrons. The van der Waals surface area contributed by atoms with Crippen LogP contribution < -0.4 is 15.0 Å². The summed E-state index contributed by atoms with van der Waals surface area (Å²) >= 11 is 0. The number of halogens is 3. The van der Waals surface area contributed by atoms with Crippen molar-refractivity contribution in [3.63, 3.8) is 0 Å². The lowest BCUT2D eigenvalue weighted by molar-refractivity contribution is -0.118. The first kappa shape index (κ1) is 17.8. The van der Waals surface area contributed by atoms with E-state index < -0.39 is 35.7 Å². The number of nitrogens with zero attached hydrogens (tertiary/aromatic N) is 1. The van der Waals surface area contributed by atoms with Gasteiger partial charge in [-0.15, -0.1) is 0 Å². The molecule has 0 unspecified atom stereocenters. The van der Waals surface area contributed by atoms with Gasteiger partial charge in [-0.05, 0) is 30.7 Å². The summed E-state index contributed by atoms with van der Waals surface area (Å²) in [5.41, 5.74) is 0.186. The molecule has 0 bridgehead atoms. The zero-order valence-corrected chi connectivity index (χ0v) is 13.6. The minimum atomic E-state index is -1.66. The van der Waals surface area contributed by atoms with Crippen LogP contribution in [0.2, 0.25) is 0 Å². The van der Waals surface area contributed by atoms with Crippen molar-refractivity contribution in [3.8, 4) is 5.75 Å². The van der Waals surface area contributed by atoms with E-state index >= 15 is 0 Å². The van der Waals surface area contributed by atoms with Crippen LogP contribution in [0.4, 0.5) is 24.5 Å². The second kappa shape index (κ2) is 7.47. The second-order valence-corrected chi connectivity index (χ2v) is 5.71. The Morgan fingerprint density at radius 2 is 1.96 bits per heavy atom. The first-order valence-corrected chi connectivity index (χ1v) is 7.92. The van der Waals surface area contributed by atoms with Gasteiger partial charge in [0, 0.05) is 24.7 Å². The number of hydrogen-bond donors (Lipinski definition) is 1. The van der Waals surface area contributed by atoms with Gasteiger partial charge in [-0.3, -0.25) is 9.59 Å². The Hall–Kier alpha value is -3.03. The highest BCUT2D eigenvalue weighted by molar-refractivity contribution is 5.95. The van der Waals surface area contributed by atoms with Crippen molar-refractivity contribution < 1.29 is 27.5 Å². The first-order valence-electron chi connectivity index (χ1n) is 7.92. The topological polar surface area (TPSA) is 58.6 Å². The maximum Gasteiger partial charge on any atom is 0.262 e. The molecule has 1 fully saturated rings. The Bertz CT molecular complexity index is 858. The van der Waals surface area contributed by atoms with Crippen LogP contribution in [0.5, 0.6) is 5.75 Å². The van der Waals surface area contributed by atoms with E-state index in [1.54, 1.807) is 29.2 Å². The molecule has 2 aromatic rings. The molecule has 1 heterocycles. The van der Waals surface area contributed by atoms with E-state index in [4.69, 9.17) is 4.74 Å². The monoisotopic (exact) mass is 364 g/mol. The van der Waals surface area contributed by atoms with Gasteiger partial charge in [-0.2, -0.15) is 0 Å². The highest BCUT2D eigenvalue weighted by Crippen LogP contribution is 2.25. The molecule has 0 saturated carbocycles. The Morgan fingerprint density at radius 1 is 1.15 bits per heavy atom. The predicted octanol–water partition coefficient (Wildman–Crippen LogP) is 3.25. The van der Waals surface area contributed by atoms with Crippen molar-refractivity contribution in [2.45, 2.75) is 12.8 Å². The summed E-state index contributed by atoms with van der Waals surface area (Å²) in [7, 11) is 0. The van der Waals surface area contributed by atoms with E-state index in [0.29, 0.717) is 30.5 Å². The fourth-order valence-corrected chi connectivity index (χ4v) is 2.62. The van der Waals surface area contributed by atoms with Crippen LogP contribution in [0.15, 0.2) is 36.4 Å². The molecule has 0 aliphatic carbocycles. The summed E-state index contributed by atoms with van der Waals surface area (Å²) in [6.07, 6.45) is 1.28. The van der Waals surface area contributed by atoms with Gasteiger partial charge in [0.1, 0.15) is 5.75 Å². The van der Waals surface area contributed by atoms with Gasteiger partial charge in [0.25, 0.3) is 5.91 Å². The number of carbonyl (C=O) groups excluding carboxylic acids is 2. The Balaban J connectivity index is 1.61.